The van der Waals surface area contributed by atoms with E-state index in [2.05, 4.69) is 80.5 Å². The molecule has 1 heterocycles. The molecule has 0 aliphatic rings. The van der Waals surface area contributed by atoms with Crippen LogP contribution < -0.4 is 5.32 Å². The van der Waals surface area contributed by atoms with E-state index in [1.807, 2.05) is 10.9 Å². The Kier molecular flexibility index (Phi) is 6.45. The fraction of sp³-hybridized carbons (Fsp3) is 0.438. The molecule has 0 spiro atoms. The first-order valence-electron chi connectivity index (χ1n) is 7.33. The standard InChI is InChI=1S/C16H21Br2N3/c1-3-7-19-16(8-12-10-20-21(4-2)11-12)14-9-13(17)5-6-15(14)18/h5-6,9-11,16,19H,3-4,7-8H2,1-2H3. The van der Waals surface area contributed by atoms with Crippen LogP contribution in [0.4, 0.5) is 0 Å². The lowest BCUT2D eigenvalue weighted by atomic mass is 10.0. The van der Waals surface area contributed by atoms with Gasteiger partial charge in [0.1, 0.15) is 0 Å². The lowest BCUT2D eigenvalue weighted by Crippen LogP contribution is -2.24. The number of nitrogens with zero attached hydrogens (tertiary/aromatic N) is 2. The maximum absolute atomic E-state index is 4.37. The first-order valence-corrected chi connectivity index (χ1v) is 8.92. The van der Waals surface area contributed by atoms with E-state index < -0.39 is 0 Å². The van der Waals surface area contributed by atoms with Crippen LogP contribution in [0.25, 0.3) is 0 Å². The molecule has 1 aromatic heterocycles. The maximum atomic E-state index is 4.37. The highest BCUT2D eigenvalue weighted by molar-refractivity contribution is 9.11. The van der Waals surface area contributed by atoms with Crippen molar-refractivity contribution in [3.05, 3.63) is 50.7 Å². The van der Waals surface area contributed by atoms with Crippen LogP contribution in [0.2, 0.25) is 0 Å². The normalized spacial score (nSPS) is 12.6. The number of hydrogen-bond acceptors (Lipinski definition) is 2. The second-order valence-electron chi connectivity index (χ2n) is 5.08. The third kappa shape index (κ3) is 4.66. The summed E-state index contributed by atoms with van der Waals surface area (Å²) in [5.74, 6) is 0. The molecular formula is C16H21Br2N3. The van der Waals surface area contributed by atoms with E-state index in [9.17, 15) is 0 Å². The van der Waals surface area contributed by atoms with Crippen LogP contribution >= 0.6 is 31.9 Å². The van der Waals surface area contributed by atoms with Crippen molar-refractivity contribution in [1.82, 2.24) is 15.1 Å². The molecule has 0 fully saturated rings. The highest BCUT2D eigenvalue weighted by Crippen LogP contribution is 2.29. The van der Waals surface area contributed by atoms with Crippen molar-refractivity contribution in [1.29, 1.82) is 0 Å². The quantitative estimate of drug-likeness (QED) is 0.710. The number of nitrogens with one attached hydrogen (secondary N) is 1. The average Bonchev–Trinajstić information content (AvgIpc) is 2.94. The zero-order valence-corrected chi connectivity index (χ0v) is 15.6. The number of aromatic nitrogens is 2. The Morgan fingerprint density at radius 1 is 1.29 bits per heavy atom. The van der Waals surface area contributed by atoms with Gasteiger partial charge in [-0.2, -0.15) is 5.10 Å². The Bertz CT molecular complexity index is 581. The molecule has 1 atom stereocenters. The van der Waals surface area contributed by atoms with Gasteiger partial charge in [0.2, 0.25) is 0 Å². The summed E-state index contributed by atoms with van der Waals surface area (Å²) >= 11 is 7.24. The lowest BCUT2D eigenvalue weighted by molar-refractivity contribution is 0.527. The van der Waals surface area contributed by atoms with Gasteiger partial charge in [-0.05, 0) is 55.6 Å². The summed E-state index contributed by atoms with van der Waals surface area (Å²) in [6.45, 7) is 6.21. The molecule has 0 aliphatic carbocycles. The Hall–Kier alpha value is -0.650. The molecule has 3 nitrogen and oxygen atoms in total. The van der Waals surface area contributed by atoms with Gasteiger partial charge in [-0.25, -0.2) is 0 Å². The summed E-state index contributed by atoms with van der Waals surface area (Å²) in [6.07, 6.45) is 6.16. The predicted octanol–water partition coefficient (Wildman–Crippen LogP) is 4.71. The molecule has 0 bridgehead atoms. The van der Waals surface area contributed by atoms with E-state index in [1.165, 1.54) is 11.1 Å². The summed E-state index contributed by atoms with van der Waals surface area (Å²) in [7, 11) is 0. The van der Waals surface area contributed by atoms with E-state index in [0.29, 0.717) is 0 Å². The van der Waals surface area contributed by atoms with Crippen LogP contribution in [-0.4, -0.2) is 16.3 Å². The molecule has 21 heavy (non-hydrogen) atoms. The van der Waals surface area contributed by atoms with Gasteiger partial charge in [-0.3, -0.25) is 4.68 Å². The molecule has 1 N–H and O–H groups in total. The Labute approximate surface area is 143 Å². The van der Waals surface area contributed by atoms with E-state index in [1.54, 1.807) is 0 Å². The third-order valence-corrected chi connectivity index (χ3v) is 4.64. The van der Waals surface area contributed by atoms with E-state index in [4.69, 9.17) is 0 Å². The SMILES string of the molecule is CCCNC(Cc1cnn(CC)c1)c1cc(Br)ccc1Br. The molecule has 1 aromatic carbocycles. The predicted molar refractivity (Wildman–Crippen MR) is 94.5 cm³/mol. The largest absolute Gasteiger partial charge is 0.310 e. The molecule has 0 saturated carbocycles. The molecule has 0 amide bonds. The molecule has 2 aromatic rings. The molecule has 0 saturated heterocycles. The summed E-state index contributed by atoms with van der Waals surface area (Å²) < 4.78 is 4.22. The van der Waals surface area contributed by atoms with Crippen molar-refractivity contribution in [2.45, 2.75) is 39.3 Å². The van der Waals surface area contributed by atoms with E-state index >= 15 is 0 Å². The summed E-state index contributed by atoms with van der Waals surface area (Å²) in [5, 5.41) is 8.01. The zero-order chi connectivity index (χ0) is 15.2. The fourth-order valence-electron chi connectivity index (χ4n) is 2.31. The van der Waals surface area contributed by atoms with Gasteiger partial charge >= 0.3 is 0 Å². The topological polar surface area (TPSA) is 29.9 Å². The third-order valence-electron chi connectivity index (χ3n) is 3.42. The minimum Gasteiger partial charge on any atom is -0.310 e. The molecule has 0 aliphatic heterocycles. The van der Waals surface area contributed by atoms with E-state index in [0.717, 1.165) is 34.9 Å². The maximum Gasteiger partial charge on any atom is 0.0522 e. The average molecular weight is 415 g/mol. The number of hydrogen-bond donors (Lipinski definition) is 1. The first-order chi connectivity index (χ1) is 10.1. The van der Waals surface area contributed by atoms with Crippen LogP contribution in [0.1, 0.15) is 37.4 Å². The van der Waals surface area contributed by atoms with Crippen molar-refractivity contribution in [2.75, 3.05) is 6.54 Å². The summed E-state index contributed by atoms with van der Waals surface area (Å²) in [6, 6.07) is 6.61. The van der Waals surface area contributed by atoms with Crippen LogP contribution in [0, 0.1) is 0 Å². The molecule has 0 radical (unpaired) electrons. The number of halogens is 2. The Morgan fingerprint density at radius 3 is 2.76 bits per heavy atom. The first kappa shape index (κ1) is 16.7. The lowest BCUT2D eigenvalue weighted by Gasteiger charge is -2.20. The van der Waals surface area contributed by atoms with Gasteiger partial charge in [-0.15, -0.1) is 0 Å². The number of rotatable bonds is 7. The van der Waals surface area contributed by atoms with E-state index in [-0.39, 0.29) is 6.04 Å². The highest BCUT2D eigenvalue weighted by Gasteiger charge is 2.16. The second-order valence-corrected chi connectivity index (χ2v) is 6.85. The molecular weight excluding hydrogens is 394 g/mol. The van der Waals surface area contributed by atoms with Crippen LogP contribution in [0.15, 0.2) is 39.5 Å². The Balaban J connectivity index is 2.22. The van der Waals surface area contributed by atoms with Crippen LogP contribution in [0.5, 0.6) is 0 Å². The monoisotopic (exact) mass is 413 g/mol. The molecule has 5 heteroatoms. The van der Waals surface area contributed by atoms with Gasteiger partial charge < -0.3 is 5.32 Å². The number of benzene rings is 1. The fourth-order valence-corrected chi connectivity index (χ4v) is 3.21. The van der Waals surface area contributed by atoms with Gasteiger partial charge in [0.05, 0.1) is 6.20 Å². The zero-order valence-electron chi connectivity index (χ0n) is 12.4. The van der Waals surface area contributed by atoms with Gasteiger partial charge in [0.25, 0.3) is 0 Å². The Morgan fingerprint density at radius 2 is 2.10 bits per heavy atom. The van der Waals surface area contributed by atoms with Crippen LogP contribution in [0.3, 0.4) is 0 Å². The highest BCUT2D eigenvalue weighted by atomic mass is 79.9. The molecule has 2 rings (SSSR count). The van der Waals surface area contributed by atoms with Crippen molar-refractivity contribution >= 4 is 31.9 Å². The minimum absolute atomic E-state index is 0.284. The molecule has 114 valence electrons. The van der Waals surface area contributed by atoms with Crippen molar-refractivity contribution in [3.8, 4) is 0 Å². The van der Waals surface area contributed by atoms with Crippen molar-refractivity contribution in [3.63, 3.8) is 0 Å². The van der Waals surface area contributed by atoms with Crippen LogP contribution in [-0.2, 0) is 13.0 Å². The van der Waals surface area contributed by atoms with Crippen molar-refractivity contribution in [2.24, 2.45) is 0 Å². The van der Waals surface area contributed by atoms with Gasteiger partial charge in [0.15, 0.2) is 0 Å². The molecule has 1 unspecified atom stereocenters. The summed E-state index contributed by atoms with van der Waals surface area (Å²) in [4.78, 5) is 0. The second kappa shape index (κ2) is 8.11. The van der Waals surface area contributed by atoms with Gasteiger partial charge in [-0.1, -0.05) is 38.8 Å². The number of aryl methyl sites for hydroxylation is 1. The van der Waals surface area contributed by atoms with Gasteiger partial charge in [0, 0.05) is 27.7 Å². The summed E-state index contributed by atoms with van der Waals surface area (Å²) in [5.41, 5.74) is 2.54. The van der Waals surface area contributed by atoms with Crippen molar-refractivity contribution < 1.29 is 0 Å². The minimum atomic E-state index is 0.284. The smallest absolute Gasteiger partial charge is 0.0522 e.